The number of epoxide rings is 1. The molecule has 16 heavy (non-hydrogen) atoms. The summed E-state index contributed by atoms with van der Waals surface area (Å²) < 4.78 is 16.5. The molecule has 1 spiro atoms. The van der Waals surface area contributed by atoms with Crippen molar-refractivity contribution >= 4 is 5.91 Å². The first-order valence-corrected chi connectivity index (χ1v) is 5.92. The van der Waals surface area contributed by atoms with E-state index in [0.29, 0.717) is 19.8 Å². The molecule has 0 unspecified atom stereocenters. The van der Waals surface area contributed by atoms with Crippen LogP contribution in [0, 0.1) is 0 Å². The molecule has 2 atom stereocenters. The predicted octanol–water partition coefficient (Wildman–Crippen LogP) is 0.139. The van der Waals surface area contributed by atoms with Crippen molar-refractivity contribution in [3.63, 3.8) is 0 Å². The first kappa shape index (κ1) is 10.5. The lowest BCUT2D eigenvalue weighted by Crippen LogP contribution is -2.52. The van der Waals surface area contributed by atoms with E-state index in [-0.39, 0.29) is 18.1 Å². The number of hydrogen-bond acceptors (Lipinski definition) is 4. The molecular formula is C11H17NO4. The largest absolute Gasteiger partial charge is 0.359 e. The van der Waals surface area contributed by atoms with Crippen LogP contribution in [0.15, 0.2) is 0 Å². The molecule has 3 heterocycles. The molecule has 0 aromatic heterocycles. The van der Waals surface area contributed by atoms with Crippen molar-refractivity contribution in [1.29, 1.82) is 0 Å². The van der Waals surface area contributed by atoms with Gasteiger partial charge in [0.05, 0.1) is 25.9 Å². The molecule has 0 aromatic carbocycles. The summed E-state index contributed by atoms with van der Waals surface area (Å²) in [6, 6.07) is 0. The van der Waals surface area contributed by atoms with E-state index in [0.717, 1.165) is 19.4 Å². The van der Waals surface area contributed by atoms with Gasteiger partial charge in [0.15, 0.2) is 11.9 Å². The second-order valence-corrected chi connectivity index (χ2v) is 4.73. The minimum Gasteiger partial charge on any atom is -0.359 e. The number of rotatable bonds is 1. The summed E-state index contributed by atoms with van der Waals surface area (Å²) in [6.07, 6.45) is 1.68. The van der Waals surface area contributed by atoms with Crippen molar-refractivity contribution in [3.05, 3.63) is 0 Å². The van der Waals surface area contributed by atoms with Gasteiger partial charge in [-0.3, -0.25) is 4.79 Å². The van der Waals surface area contributed by atoms with E-state index in [4.69, 9.17) is 14.2 Å². The van der Waals surface area contributed by atoms with Crippen LogP contribution in [-0.4, -0.2) is 55.1 Å². The molecule has 90 valence electrons. The highest BCUT2D eigenvalue weighted by Gasteiger charge is 2.48. The number of carbonyl (C=O) groups is 1. The van der Waals surface area contributed by atoms with Crippen molar-refractivity contribution in [2.75, 3.05) is 26.3 Å². The normalized spacial score (nSPS) is 36.7. The fourth-order valence-electron chi connectivity index (χ4n) is 2.53. The van der Waals surface area contributed by atoms with Crippen LogP contribution < -0.4 is 0 Å². The Morgan fingerprint density at radius 3 is 2.69 bits per heavy atom. The smallest absolute Gasteiger partial charge is 0.254 e. The van der Waals surface area contributed by atoms with Crippen molar-refractivity contribution in [3.8, 4) is 0 Å². The Morgan fingerprint density at radius 1 is 1.38 bits per heavy atom. The number of nitrogens with zero attached hydrogens (tertiary/aromatic N) is 1. The van der Waals surface area contributed by atoms with Crippen LogP contribution in [0.2, 0.25) is 0 Å². The Bertz CT molecular complexity index is 300. The van der Waals surface area contributed by atoms with Crippen LogP contribution >= 0.6 is 0 Å². The monoisotopic (exact) mass is 227 g/mol. The summed E-state index contributed by atoms with van der Waals surface area (Å²) in [7, 11) is 0. The maximum atomic E-state index is 12.0. The van der Waals surface area contributed by atoms with Gasteiger partial charge in [-0.15, -0.1) is 0 Å². The summed E-state index contributed by atoms with van der Waals surface area (Å²) in [5, 5.41) is 0. The third-order valence-corrected chi connectivity index (χ3v) is 3.50. The summed E-state index contributed by atoms with van der Waals surface area (Å²) in [6.45, 7) is 4.54. The third kappa shape index (κ3) is 1.73. The molecule has 1 amide bonds. The third-order valence-electron chi connectivity index (χ3n) is 3.50. The Balaban J connectivity index is 1.65. The van der Waals surface area contributed by atoms with E-state index in [2.05, 4.69) is 0 Å². The fourth-order valence-corrected chi connectivity index (χ4v) is 2.53. The molecular weight excluding hydrogens is 210 g/mol. The molecule has 3 fully saturated rings. The molecule has 0 aliphatic carbocycles. The van der Waals surface area contributed by atoms with Gasteiger partial charge in [-0.05, 0) is 13.3 Å². The molecule has 0 radical (unpaired) electrons. The first-order valence-electron chi connectivity index (χ1n) is 5.92. The number of piperidine rings is 1. The zero-order valence-corrected chi connectivity index (χ0v) is 9.48. The lowest BCUT2D eigenvalue weighted by Gasteiger charge is -2.38. The van der Waals surface area contributed by atoms with Crippen LogP contribution in [0.25, 0.3) is 0 Å². The average Bonchev–Trinajstić information content (AvgIpc) is 2.85. The highest BCUT2D eigenvalue weighted by Crippen LogP contribution is 2.32. The van der Waals surface area contributed by atoms with E-state index >= 15 is 0 Å². The molecule has 0 bridgehead atoms. The fraction of sp³-hybridized carbons (Fsp3) is 0.909. The van der Waals surface area contributed by atoms with Gasteiger partial charge in [-0.25, -0.2) is 0 Å². The average molecular weight is 227 g/mol. The highest BCUT2D eigenvalue weighted by atomic mass is 16.7. The van der Waals surface area contributed by atoms with Crippen molar-refractivity contribution < 1.29 is 19.0 Å². The van der Waals surface area contributed by atoms with Crippen molar-refractivity contribution in [2.24, 2.45) is 0 Å². The van der Waals surface area contributed by atoms with Crippen LogP contribution in [0.5, 0.6) is 0 Å². The lowest BCUT2D eigenvalue weighted by atomic mass is 10.0. The second kappa shape index (κ2) is 3.68. The van der Waals surface area contributed by atoms with E-state index in [1.54, 1.807) is 0 Å². The molecule has 5 heteroatoms. The van der Waals surface area contributed by atoms with Gasteiger partial charge in [0.25, 0.3) is 5.91 Å². The van der Waals surface area contributed by atoms with E-state index in [1.807, 2.05) is 11.8 Å². The van der Waals surface area contributed by atoms with E-state index in [1.165, 1.54) is 0 Å². The van der Waals surface area contributed by atoms with Gasteiger partial charge < -0.3 is 19.1 Å². The molecule has 0 saturated carbocycles. The summed E-state index contributed by atoms with van der Waals surface area (Å²) in [5.74, 6) is -0.433. The maximum Gasteiger partial charge on any atom is 0.254 e. The van der Waals surface area contributed by atoms with Crippen LogP contribution in [0.1, 0.15) is 19.8 Å². The Morgan fingerprint density at radius 2 is 2.06 bits per heavy atom. The lowest BCUT2D eigenvalue weighted by molar-refractivity contribution is -0.193. The number of ether oxygens (including phenoxy) is 3. The maximum absolute atomic E-state index is 12.0. The first-order chi connectivity index (χ1) is 7.70. The molecule has 3 rings (SSSR count). The summed E-state index contributed by atoms with van der Waals surface area (Å²) in [5.41, 5.74) is 0. The molecule has 0 aromatic rings. The summed E-state index contributed by atoms with van der Waals surface area (Å²) >= 11 is 0. The minimum atomic E-state index is -0.522. The van der Waals surface area contributed by atoms with Gasteiger partial charge in [-0.1, -0.05) is 0 Å². The number of carbonyl (C=O) groups excluding carboxylic acids is 1. The number of hydrogen-bond donors (Lipinski definition) is 0. The van der Waals surface area contributed by atoms with Crippen LogP contribution in [0.4, 0.5) is 0 Å². The quantitative estimate of drug-likeness (QED) is 0.598. The molecule has 5 nitrogen and oxygen atoms in total. The van der Waals surface area contributed by atoms with Crippen LogP contribution in [-0.2, 0) is 19.0 Å². The van der Waals surface area contributed by atoms with Crippen molar-refractivity contribution in [1.82, 2.24) is 4.90 Å². The minimum absolute atomic E-state index is 0.0794. The van der Waals surface area contributed by atoms with Gasteiger partial charge >= 0.3 is 0 Å². The zero-order chi connectivity index (χ0) is 11.2. The standard InChI is InChI=1S/C11H17NO4/c1-8-9(16-8)10(13)12-4-2-3-11(7-12)14-5-6-15-11/h8-9H,2-7H2,1H3/t8-,9+/m0/s1. The SMILES string of the molecule is C[C@@H]1O[C@H]1C(=O)N1CCCC2(C1)OCCO2. The summed E-state index contributed by atoms with van der Waals surface area (Å²) in [4.78, 5) is 13.8. The zero-order valence-electron chi connectivity index (χ0n) is 9.48. The van der Waals surface area contributed by atoms with Crippen LogP contribution in [0.3, 0.4) is 0 Å². The van der Waals surface area contributed by atoms with Gasteiger partial charge in [0.2, 0.25) is 0 Å². The van der Waals surface area contributed by atoms with E-state index in [9.17, 15) is 4.79 Å². The van der Waals surface area contributed by atoms with Gasteiger partial charge in [0, 0.05) is 13.0 Å². The second-order valence-electron chi connectivity index (χ2n) is 4.73. The Labute approximate surface area is 94.6 Å². The Hall–Kier alpha value is -0.650. The molecule has 3 aliphatic heterocycles. The van der Waals surface area contributed by atoms with Gasteiger partial charge in [-0.2, -0.15) is 0 Å². The van der Waals surface area contributed by atoms with Crippen molar-refractivity contribution in [2.45, 2.75) is 37.8 Å². The topological polar surface area (TPSA) is 51.3 Å². The predicted molar refractivity (Wildman–Crippen MR) is 54.8 cm³/mol. The molecule has 3 aliphatic rings. The Kier molecular flexibility index (Phi) is 2.42. The number of amides is 1. The number of likely N-dealkylation sites (tertiary alicyclic amines) is 1. The highest BCUT2D eigenvalue weighted by molar-refractivity contribution is 5.83. The molecule has 0 N–H and O–H groups in total. The van der Waals surface area contributed by atoms with E-state index < -0.39 is 5.79 Å². The van der Waals surface area contributed by atoms with Gasteiger partial charge in [0.1, 0.15) is 0 Å². The molecule has 3 saturated heterocycles.